The summed E-state index contributed by atoms with van der Waals surface area (Å²) in [5, 5.41) is 11.9. The Morgan fingerprint density at radius 3 is 2.41 bits per heavy atom. The predicted molar refractivity (Wildman–Crippen MR) is 141 cm³/mol. The molecule has 230 valence electrons. The Morgan fingerprint density at radius 2 is 1.90 bits per heavy atom. The molecule has 1 fully saturated rings. The van der Waals surface area contributed by atoms with Crippen LogP contribution in [0.15, 0.2) is 12.3 Å². The lowest BCUT2D eigenvalue weighted by Crippen LogP contribution is -2.54. The number of nitrogens with two attached hydrogens (primary N) is 2. The predicted octanol–water partition coefficient (Wildman–Crippen LogP) is 4.21. The minimum atomic E-state index is -4.57. The summed E-state index contributed by atoms with van der Waals surface area (Å²) in [7, 11) is -3.94. The lowest BCUT2D eigenvalue weighted by atomic mass is 9.86. The Kier molecular flexibility index (Phi) is 9.62. The molecule has 0 saturated heterocycles. The van der Waals surface area contributed by atoms with Crippen LogP contribution in [0, 0.1) is 11.3 Å². The van der Waals surface area contributed by atoms with Gasteiger partial charge in [-0.05, 0) is 38.5 Å². The second-order valence-electron chi connectivity index (χ2n) is 10.7. The van der Waals surface area contributed by atoms with E-state index in [0.717, 1.165) is 26.1 Å². The highest BCUT2D eigenvalue weighted by Crippen LogP contribution is 2.42. The van der Waals surface area contributed by atoms with Crippen LogP contribution in [0.5, 0.6) is 5.75 Å². The van der Waals surface area contributed by atoms with Gasteiger partial charge in [0.2, 0.25) is 10.0 Å². The first-order valence-electron chi connectivity index (χ1n) is 12.7. The summed E-state index contributed by atoms with van der Waals surface area (Å²) in [6.45, 7) is 0.579. The van der Waals surface area contributed by atoms with E-state index in [1.165, 1.54) is 4.68 Å². The Hall–Kier alpha value is -2.56. The minimum absolute atomic E-state index is 0.0165. The minimum Gasteiger partial charge on any atom is -0.434 e. The molecule has 0 bridgehead atoms. The molecule has 1 saturated carbocycles. The van der Waals surface area contributed by atoms with Crippen molar-refractivity contribution in [1.82, 2.24) is 20.1 Å². The number of nitrogens with zero attached hydrogens (tertiary/aromatic N) is 3. The van der Waals surface area contributed by atoms with Gasteiger partial charge in [0.25, 0.3) is 5.91 Å². The molecule has 0 spiro atoms. The fourth-order valence-electron chi connectivity index (χ4n) is 4.55. The van der Waals surface area contributed by atoms with Crippen LogP contribution >= 0.6 is 11.6 Å². The van der Waals surface area contributed by atoms with Crippen LogP contribution in [0.25, 0.3) is 11.3 Å². The fraction of sp³-hybridized carbons (Fsp3) is 0.625. The van der Waals surface area contributed by atoms with Crippen LogP contribution in [0.3, 0.4) is 0 Å². The second kappa shape index (κ2) is 12.0. The van der Waals surface area contributed by atoms with Gasteiger partial charge in [-0.1, -0.05) is 25.4 Å². The molecule has 2 heterocycles. The van der Waals surface area contributed by atoms with Crippen molar-refractivity contribution in [3.63, 3.8) is 0 Å². The standard InChI is InChI=1S/C24H32ClF5N6O4S/c1-4-36-19(15-12-33-14(9-16(15)40-21(26)27)10-22(2,3)24(28,29)30)17(25)18(35-36)20(37)34-11-13-5-7-23(31,8-6-13)41(32,38)39/h9,12-13,21H,4-8,10-11,31H2,1-3H3,(H,34,37)(H2,32,38,39). The first-order valence-corrected chi connectivity index (χ1v) is 14.6. The summed E-state index contributed by atoms with van der Waals surface area (Å²) in [6.07, 6.45) is -3.08. The lowest BCUT2D eigenvalue weighted by Gasteiger charge is -2.35. The molecule has 1 aliphatic carbocycles. The van der Waals surface area contributed by atoms with Gasteiger partial charge in [0.15, 0.2) is 5.69 Å². The molecule has 1 amide bonds. The van der Waals surface area contributed by atoms with Crippen LogP contribution in [0.4, 0.5) is 22.0 Å². The summed E-state index contributed by atoms with van der Waals surface area (Å²) in [4.78, 5) is 15.5. The zero-order valence-electron chi connectivity index (χ0n) is 22.6. The molecule has 17 heteroatoms. The normalized spacial score (nSPS) is 20.3. The number of pyridine rings is 1. The third-order valence-electron chi connectivity index (χ3n) is 7.26. The van der Waals surface area contributed by atoms with E-state index in [1.807, 2.05) is 0 Å². The maximum atomic E-state index is 13.4. The number of ether oxygens (including phenoxy) is 1. The molecule has 0 aliphatic heterocycles. The highest BCUT2D eigenvalue weighted by molar-refractivity contribution is 7.90. The maximum Gasteiger partial charge on any atom is 0.394 e. The van der Waals surface area contributed by atoms with Crippen molar-refractivity contribution in [3.8, 4) is 17.0 Å². The largest absolute Gasteiger partial charge is 0.434 e. The molecule has 0 radical (unpaired) electrons. The van der Waals surface area contributed by atoms with Gasteiger partial charge in [-0.15, -0.1) is 0 Å². The summed E-state index contributed by atoms with van der Waals surface area (Å²) in [5.74, 6) is -1.24. The molecular weight excluding hydrogens is 599 g/mol. The van der Waals surface area contributed by atoms with Crippen LogP contribution < -0.4 is 20.9 Å². The summed E-state index contributed by atoms with van der Waals surface area (Å²) < 4.78 is 96.1. The number of rotatable bonds is 10. The van der Waals surface area contributed by atoms with E-state index < -0.39 is 51.2 Å². The van der Waals surface area contributed by atoms with Gasteiger partial charge in [-0.3, -0.25) is 14.5 Å². The number of carbonyl (C=O) groups is 1. The molecular formula is C24H32ClF5N6O4S. The van der Waals surface area contributed by atoms with Crippen molar-refractivity contribution in [3.05, 3.63) is 28.7 Å². The SMILES string of the molecule is CCn1nc(C(=O)NCC2CCC(N)(S(N)(=O)=O)CC2)c(Cl)c1-c1cnc(CC(C)(C)C(F)(F)F)cc1OC(F)F. The van der Waals surface area contributed by atoms with Crippen LogP contribution in [-0.2, 0) is 23.0 Å². The Labute approximate surface area is 239 Å². The summed E-state index contributed by atoms with van der Waals surface area (Å²) >= 11 is 6.50. The highest BCUT2D eigenvalue weighted by atomic mass is 35.5. The quantitative estimate of drug-likeness (QED) is 0.332. The third-order valence-corrected chi connectivity index (χ3v) is 9.16. The number of halogens is 6. The van der Waals surface area contributed by atoms with Gasteiger partial charge in [-0.25, -0.2) is 13.6 Å². The molecule has 1 aliphatic rings. The van der Waals surface area contributed by atoms with Crippen molar-refractivity contribution in [1.29, 1.82) is 0 Å². The van der Waals surface area contributed by atoms with Crippen LogP contribution in [-0.4, -0.2) is 53.3 Å². The molecule has 0 unspecified atom stereocenters. The molecule has 0 atom stereocenters. The average Bonchev–Trinajstić information content (AvgIpc) is 3.18. The summed E-state index contributed by atoms with van der Waals surface area (Å²) in [6, 6.07) is 0.986. The zero-order chi connectivity index (χ0) is 31.0. The van der Waals surface area contributed by atoms with Gasteiger partial charge in [-0.2, -0.15) is 27.1 Å². The number of alkyl halides is 5. The third kappa shape index (κ3) is 7.27. The van der Waals surface area contributed by atoms with Crippen molar-refractivity contribution < 1.29 is 39.9 Å². The summed E-state index contributed by atoms with van der Waals surface area (Å²) in [5.41, 5.74) is 3.29. The monoisotopic (exact) mass is 630 g/mol. The number of aryl methyl sites for hydroxylation is 1. The first-order chi connectivity index (χ1) is 18.8. The number of hydrogen-bond acceptors (Lipinski definition) is 7. The Balaban J connectivity index is 1.86. The van der Waals surface area contributed by atoms with Crippen molar-refractivity contribution in [2.75, 3.05) is 6.54 Å². The van der Waals surface area contributed by atoms with Gasteiger partial charge < -0.3 is 15.8 Å². The molecule has 5 N–H and O–H groups in total. The van der Waals surface area contributed by atoms with Gasteiger partial charge in [0.1, 0.15) is 10.6 Å². The first kappa shape index (κ1) is 32.9. The zero-order valence-corrected chi connectivity index (χ0v) is 24.1. The number of hydrogen-bond donors (Lipinski definition) is 3. The number of aromatic nitrogens is 3. The number of nitrogens with one attached hydrogen (secondary N) is 1. The van der Waals surface area contributed by atoms with E-state index >= 15 is 0 Å². The smallest absolute Gasteiger partial charge is 0.394 e. The average molecular weight is 631 g/mol. The van der Waals surface area contributed by atoms with E-state index in [4.69, 9.17) is 22.5 Å². The highest BCUT2D eigenvalue weighted by Gasteiger charge is 2.47. The van der Waals surface area contributed by atoms with E-state index in [1.54, 1.807) is 6.92 Å². The topological polar surface area (TPSA) is 155 Å². The van der Waals surface area contributed by atoms with Crippen LogP contribution in [0.1, 0.15) is 62.6 Å². The lowest BCUT2D eigenvalue weighted by molar-refractivity contribution is -0.211. The van der Waals surface area contributed by atoms with Crippen molar-refractivity contribution in [2.24, 2.45) is 22.2 Å². The van der Waals surface area contributed by atoms with E-state index in [-0.39, 0.29) is 59.5 Å². The fourth-order valence-corrected chi connectivity index (χ4v) is 5.67. The molecule has 3 rings (SSSR count). The van der Waals surface area contributed by atoms with Crippen LogP contribution in [0.2, 0.25) is 5.02 Å². The Morgan fingerprint density at radius 1 is 1.29 bits per heavy atom. The number of amides is 1. The Bertz CT molecular complexity index is 1380. The van der Waals surface area contributed by atoms with Crippen molar-refractivity contribution >= 4 is 27.5 Å². The van der Waals surface area contributed by atoms with E-state index in [2.05, 4.69) is 20.1 Å². The van der Waals surface area contributed by atoms with E-state index in [9.17, 15) is 35.2 Å². The molecule has 2 aromatic rings. The van der Waals surface area contributed by atoms with Gasteiger partial charge >= 0.3 is 12.8 Å². The maximum absolute atomic E-state index is 13.4. The van der Waals surface area contributed by atoms with Crippen molar-refractivity contribution in [2.45, 2.75) is 77.1 Å². The number of primary sulfonamides is 1. The van der Waals surface area contributed by atoms with E-state index in [0.29, 0.717) is 12.8 Å². The number of sulfonamides is 1. The molecule has 2 aromatic heterocycles. The second-order valence-corrected chi connectivity index (χ2v) is 13.0. The molecule has 10 nitrogen and oxygen atoms in total. The van der Waals surface area contributed by atoms with Gasteiger partial charge in [0.05, 0.1) is 21.7 Å². The van der Waals surface area contributed by atoms with Gasteiger partial charge in [0, 0.05) is 37.5 Å². The number of carbonyl (C=O) groups excluding carboxylic acids is 1. The molecule has 0 aromatic carbocycles. The molecule has 41 heavy (non-hydrogen) atoms.